The summed E-state index contributed by atoms with van der Waals surface area (Å²) in [7, 11) is 0. The summed E-state index contributed by atoms with van der Waals surface area (Å²) >= 11 is 11.9. The number of anilines is 1. The number of fused-ring (bicyclic) bond motifs is 1. The third-order valence-electron chi connectivity index (χ3n) is 2.77. The zero-order valence-electron chi connectivity index (χ0n) is 9.55. The summed E-state index contributed by atoms with van der Waals surface area (Å²) < 4.78 is 13.0. The number of rotatable bonds is 1. The number of imidazole rings is 1. The molecule has 0 amide bonds. The molecule has 6 heteroatoms. The lowest BCUT2D eigenvalue weighted by Crippen LogP contribution is -1.86. The zero-order valence-corrected chi connectivity index (χ0v) is 11.1. The van der Waals surface area contributed by atoms with E-state index in [1.165, 1.54) is 12.1 Å². The Morgan fingerprint density at radius 3 is 2.68 bits per heavy atom. The fraction of sp³-hybridized carbons (Fsp3) is 0. The first-order valence-electron chi connectivity index (χ1n) is 5.45. The zero-order chi connectivity index (χ0) is 13.6. The topological polar surface area (TPSA) is 54.7 Å². The predicted molar refractivity (Wildman–Crippen MR) is 75.9 cm³/mol. The Kier molecular flexibility index (Phi) is 2.84. The lowest BCUT2D eigenvalue weighted by atomic mass is 10.2. The number of benzene rings is 2. The predicted octanol–water partition coefficient (Wildman–Crippen LogP) is 4.26. The molecule has 2 aromatic carbocycles. The van der Waals surface area contributed by atoms with Crippen LogP contribution in [-0.2, 0) is 0 Å². The molecule has 3 aromatic rings. The van der Waals surface area contributed by atoms with E-state index in [-0.39, 0.29) is 5.02 Å². The first kappa shape index (κ1) is 12.3. The van der Waals surface area contributed by atoms with E-state index in [9.17, 15) is 4.39 Å². The molecule has 3 nitrogen and oxygen atoms in total. The molecule has 0 atom stereocenters. The van der Waals surface area contributed by atoms with Gasteiger partial charge in [-0.3, -0.25) is 0 Å². The highest BCUT2D eigenvalue weighted by molar-refractivity contribution is 6.33. The Morgan fingerprint density at radius 1 is 1.16 bits per heavy atom. The van der Waals surface area contributed by atoms with Crippen LogP contribution in [-0.4, -0.2) is 9.97 Å². The third-order valence-corrected chi connectivity index (χ3v) is 3.30. The molecule has 1 heterocycles. The van der Waals surface area contributed by atoms with Gasteiger partial charge in [-0.25, -0.2) is 9.37 Å². The average molecular weight is 296 g/mol. The number of halogens is 3. The summed E-state index contributed by atoms with van der Waals surface area (Å²) in [5.41, 5.74) is 8.25. The number of nitrogens with one attached hydrogen (secondary N) is 1. The first-order valence-corrected chi connectivity index (χ1v) is 6.20. The molecule has 1 aromatic heterocycles. The van der Waals surface area contributed by atoms with Gasteiger partial charge in [0.05, 0.1) is 16.2 Å². The highest BCUT2D eigenvalue weighted by atomic mass is 35.5. The largest absolute Gasteiger partial charge is 0.397 e. The summed E-state index contributed by atoms with van der Waals surface area (Å²) in [6, 6.07) is 7.47. The standard InChI is InChI=1S/C13H8Cl2FN3/c14-6-3-10(17)12-11(4-6)18-13(19-12)8-2-1-7(16)5-9(8)15/h1-5H,17H2,(H,18,19). The number of H-pyrrole nitrogens is 1. The van der Waals surface area contributed by atoms with Crippen molar-refractivity contribution in [2.45, 2.75) is 0 Å². The van der Waals surface area contributed by atoms with Crippen molar-refractivity contribution in [2.24, 2.45) is 0 Å². The summed E-state index contributed by atoms with van der Waals surface area (Å²) in [4.78, 5) is 7.44. The molecule has 0 unspecified atom stereocenters. The monoisotopic (exact) mass is 295 g/mol. The van der Waals surface area contributed by atoms with Crippen LogP contribution in [0.25, 0.3) is 22.4 Å². The molecular weight excluding hydrogens is 288 g/mol. The minimum absolute atomic E-state index is 0.281. The molecule has 0 aliphatic rings. The molecule has 0 fully saturated rings. The van der Waals surface area contributed by atoms with E-state index in [0.717, 1.165) is 0 Å². The van der Waals surface area contributed by atoms with Crippen LogP contribution in [0.1, 0.15) is 0 Å². The van der Waals surface area contributed by atoms with E-state index in [0.29, 0.717) is 33.1 Å². The quantitative estimate of drug-likeness (QED) is 0.659. The molecule has 0 saturated carbocycles. The van der Waals surface area contributed by atoms with Crippen molar-refractivity contribution >= 4 is 39.9 Å². The van der Waals surface area contributed by atoms with Gasteiger partial charge in [0, 0.05) is 10.6 Å². The number of nitrogens with zero attached hydrogens (tertiary/aromatic N) is 1. The molecule has 0 bridgehead atoms. The highest BCUT2D eigenvalue weighted by Crippen LogP contribution is 2.31. The average Bonchev–Trinajstić information content (AvgIpc) is 2.72. The minimum atomic E-state index is -0.396. The molecule has 3 rings (SSSR count). The van der Waals surface area contributed by atoms with E-state index >= 15 is 0 Å². The number of nitrogens with two attached hydrogens (primary N) is 1. The van der Waals surface area contributed by atoms with Crippen LogP contribution in [0.4, 0.5) is 10.1 Å². The maximum absolute atomic E-state index is 13.0. The summed E-state index contributed by atoms with van der Waals surface area (Å²) in [6.45, 7) is 0. The highest BCUT2D eigenvalue weighted by Gasteiger charge is 2.12. The Morgan fingerprint density at radius 2 is 1.95 bits per heavy atom. The molecule has 96 valence electrons. The second kappa shape index (κ2) is 4.40. The maximum atomic E-state index is 13.0. The Bertz CT molecular complexity index is 783. The molecule has 19 heavy (non-hydrogen) atoms. The van der Waals surface area contributed by atoms with Gasteiger partial charge in [0.2, 0.25) is 0 Å². The number of hydrogen-bond acceptors (Lipinski definition) is 2. The van der Waals surface area contributed by atoms with Crippen LogP contribution in [0.5, 0.6) is 0 Å². The normalized spacial score (nSPS) is 11.1. The van der Waals surface area contributed by atoms with Gasteiger partial charge in [-0.15, -0.1) is 0 Å². The van der Waals surface area contributed by atoms with Crippen LogP contribution in [0, 0.1) is 5.82 Å². The number of hydrogen-bond donors (Lipinski definition) is 2. The fourth-order valence-electron chi connectivity index (χ4n) is 1.92. The lowest BCUT2D eigenvalue weighted by molar-refractivity contribution is 0.628. The Hall–Kier alpha value is -1.78. The number of aromatic amines is 1. The van der Waals surface area contributed by atoms with Gasteiger partial charge in [-0.2, -0.15) is 0 Å². The van der Waals surface area contributed by atoms with Crippen LogP contribution in [0.3, 0.4) is 0 Å². The van der Waals surface area contributed by atoms with Crippen LogP contribution < -0.4 is 5.73 Å². The van der Waals surface area contributed by atoms with Gasteiger partial charge in [0.1, 0.15) is 17.2 Å². The van der Waals surface area contributed by atoms with Gasteiger partial charge in [-0.1, -0.05) is 23.2 Å². The molecular formula is C13H8Cl2FN3. The van der Waals surface area contributed by atoms with E-state index in [2.05, 4.69) is 9.97 Å². The molecule has 0 radical (unpaired) electrons. The van der Waals surface area contributed by atoms with Gasteiger partial charge >= 0.3 is 0 Å². The van der Waals surface area contributed by atoms with Gasteiger partial charge in [0.25, 0.3) is 0 Å². The molecule has 0 spiro atoms. The molecule has 3 N–H and O–H groups in total. The van der Waals surface area contributed by atoms with Crippen LogP contribution >= 0.6 is 23.2 Å². The van der Waals surface area contributed by atoms with Gasteiger partial charge < -0.3 is 10.7 Å². The van der Waals surface area contributed by atoms with Crippen molar-refractivity contribution in [3.05, 3.63) is 46.2 Å². The second-order valence-corrected chi connectivity index (χ2v) is 4.94. The maximum Gasteiger partial charge on any atom is 0.140 e. The first-order chi connectivity index (χ1) is 9.04. The second-order valence-electron chi connectivity index (χ2n) is 4.10. The van der Waals surface area contributed by atoms with Crippen LogP contribution in [0.15, 0.2) is 30.3 Å². The van der Waals surface area contributed by atoms with Crippen molar-refractivity contribution in [3.8, 4) is 11.4 Å². The number of nitrogen functional groups attached to an aromatic ring is 1. The summed E-state index contributed by atoms with van der Waals surface area (Å²) in [5.74, 6) is 0.126. The Labute approximate surface area is 118 Å². The fourth-order valence-corrected chi connectivity index (χ4v) is 2.40. The van der Waals surface area contributed by atoms with Crippen molar-refractivity contribution in [1.82, 2.24) is 9.97 Å². The summed E-state index contributed by atoms with van der Waals surface area (Å²) in [6.07, 6.45) is 0. The van der Waals surface area contributed by atoms with Crippen molar-refractivity contribution in [1.29, 1.82) is 0 Å². The van der Waals surface area contributed by atoms with E-state index in [1.807, 2.05) is 0 Å². The molecule has 0 aliphatic heterocycles. The third kappa shape index (κ3) is 2.13. The van der Waals surface area contributed by atoms with E-state index in [4.69, 9.17) is 28.9 Å². The van der Waals surface area contributed by atoms with Gasteiger partial charge in [0.15, 0.2) is 0 Å². The minimum Gasteiger partial charge on any atom is -0.397 e. The van der Waals surface area contributed by atoms with Crippen LogP contribution in [0.2, 0.25) is 10.0 Å². The van der Waals surface area contributed by atoms with Crippen molar-refractivity contribution in [2.75, 3.05) is 5.73 Å². The Balaban J connectivity index is 2.23. The van der Waals surface area contributed by atoms with E-state index < -0.39 is 5.82 Å². The number of aromatic nitrogens is 2. The van der Waals surface area contributed by atoms with E-state index in [1.54, 1.807) is 18.2 Å². The molecule has 0 saturated heterocycles. The van der Waals surface area contributed by atoms with Gasteiger partial charge in [-0.05, 0) is 30.3 Å². The molecule has 0 aliphatic carbocycles. The smallest absolute Gasteiger partial charge is 0.140 e. The lowest BCUT2D eigenvalue weighted by Gasteiger charge is -1.99. The van der Waals surface area contributed by atoms with Crippen molar-refractivity contribution in [3.63, 3.8) is 0 Å². The summed E-state index contributed by atoms with van der Waals surface area (Å²) in [5, 5.41) is 0.800. The van der Waals surface area contributed by atoms with Crippen molar-refractivity contribution < 1.29 is 4.39 Å². The SMILES string of the molecule is Nc1cc(Cl)cc2[nH]c(-c3ccc(F)cc3Cl)nc12.